The molecule has 116 valence electrons. The van der Waals surface area contributed by atoms with Crippen molar-refractivity contribution >= 4 is 12.4 Å². The number of nitrogens with two attached hydrogens (primary N) is 2. The summed E-state index contributed by atoms with van der Waals surface area (Å²) in [5.74, 6) is -0.0644. The normalized spacial score (nSPS) is 12.5. The number of rotatable bonds is 6. The fourth-order valence-electron chi connectivity index (χ4n) is 1.69. The number of alkyl halides is 3. The molecule has 0 heterocycles. The van der Waals surface area contributed by atoms with Gasteiger partial charge in [0.05, 0.1) is 7.11 Å². The van der Waals surface area contributed by atoms with Crippen LogP contribution in [0.5, 0.6) is 11.5 Å². The average molecular weight is 315 g/mol. The predicted octanol–water partition coefficient (Wildman–Crippen LogP) is 2.75. The lowest BCUT2D eigenvalue weighted by Crippen LogP contribution is -2.18. The van der Waals surface area contributed by atoms with E-state index in [1.807, 2.05) is 0 Å². The lowest BCUT2D eigenvalue weighted by atomic mass is 10.0. The summed E-state index contributed by atoms with van der Waals surface area (Å²) >= 11 is 0. The molecule has 0 radical (unpaired) electrons. The van der Waals surface area contributed by atoms with Crippen LogP contribution in [0.25, 0.3) is 0 Å². The highest BCUT2D eigenvalue weighted by Gasteiger charge is 2.31. The first-order valence-electron chi connectivity index (χ1n) is 5.76. The second-order valence-electron chi connectivity index (χ2n) is 3.99. The summed E-state index contributed by atoms with van der Waals surface area (Å²) < 4.78 is 45.2. The monoisotopic (exact) mass is 314 g/mol. The van der Waals surface area contributed by atoms with Gasteiger partial charge in [-0.25, -0.2) is 0 Å². The Morgan fingerprint density at radius 2 is 1.95 bits per heavy atom. The van der Waals surface area contributed by atoms with Gasteiger partial charge in [0.1, 0.15) is 11.5 Å². The first kappa shape index (κ1) is 18.8. The van der Waals surface area contributed by atoms with E-state index in [0.717, 1.165) is 6.42 Å². The lowest BCUT2D eigenvalue weighted by molar-refractivity contribution is -0.274. The predicted molar refractivity (Wildman–Crippen MR) is 72.1 cm³/mol. The topological polar surface area (TPSA) is 70.5 Å². The fourth-order valence-corrected chi connectivity index (χ4v) is 1.69. The van der Waals surface area contributed by atoms with Gasteiger partial charge in [-0.15, -0.1) is 25.6 Å². The Hall–Kier alpha value is -1.18. The van der Waals surface area contributed by atoms with Crippen molar-refractivity contribution in [3.63, 3.8) is 0 Å². The quantitative estimate of drug-likeness (QED) is 0.847. The number of benzene rings is 1. The smallest absolute Gasteiger partial charge is 0.496 e. The van der Waals surface area contributed by atoms with Crippen molar-refractivity contribution in [1.82, 2.24) is 0 Å². The van der Waals surface area contributed by atoms with Crippen LogP contribution < -0.4 is 20.9 Å². The molecule has 0 aromatic heterocycles. The molecule has 0 spiro atoms. The Kier molecular flexibility index (Phi) is 7.70. The van der Waals surface area contributed by atoms with E-state index in [0.29, 0.717) is 18.5 Å². The van der Waals surface area contributed by atoms with E-state index >= 15 is 0 Å². The van der Waals surface area contributed by atoms with Crippen molar-refractivity contribution in [2.24, 2.45) is 11.5 Å². The highest BCUT2D eigenvalue weighted by molar-refractivity contribution is 5.85. The van der Waals surface area contributed by atoms with Crippen molar-refractivity contribution in [2.45, 2.75) is 25.2 Å². The molecule has 0 saturated heterocycles. The number of hydrogen-bond donors (Lipinski definition) is 2. The molecule has 1 atom stereocenters. The first-order chi connectivity index (χ1) is 8.87. The molecular formula is C12H18ClF3N2O2. The number of halogens is 4. The second kappa shape index (κ2) is 8.18. The summed E-state index contributed by atoms with van der Waals surface area (Å²) in [5.41, 5.74) is 12.0. The van der Waals surface area contributed by atoms with Gasteiger partial charge in [-0.3, -0.25) is 0 Å². The molecule has 4 N–H and O–H groups in total. The fraction of sp³-hybridized carbons (Fsp3) is 0.500. The van der Waals surface area contributed by atoms with Crippen molar-refractivity contribution in [3.05, 3.63) is 23.8 Å². The van der Waals surface area contributed by atoms with Crippen LogP contribution in [-0.4, -0.2) is 20.0 Å². The maximum absolute atomic E-state index is 12.1. The SMILES string of the molecule is COc1cc(OC(F)(F)F)ccc1[C@@H](N)CCCN.Cl. The third-order valence-electron chi connectivity index (χ3n) is 2.56. The lowest BCUT2D eigenvalue weighted by Gasteiger charge is -2.17. The minimum atomic E-state index is -4.73. The molecule has 0 bridgehead atoms. The molecule has 1 aromatic carbocycles. The van der Waals surface area contributed by atoms with Crippen LogP contribution in [0.4, 0.5) is 13.2 Å². The zero-order chi connectivity index (χ0) is 14.5. The first-order valence-corrected chi connectivity index (χ1v) is 5.76. The molecule has 20 heavy (non-hydrogen) atoms. The van der Waals surface area contributed by atoms with Gasteiger partial charge in [0.25, 0.3) is 0 Å². The van der Waals surface area contributed by atoms with Crippen molar-refractivity contribution in [1.29, 1.82) is 0 Å². The van der Waals surface area contributed by atoms with Gasteiger partial charge in [-0.05, 0) is 25.5 Å². The van der Waals surface area contributed by atoms with E-state index < -0.39 is 6.36 Å². The Bertz CT molecular complexity index is 416. The maximum Gasteiger partial charge on any atom is 0.573 e. The molecule has 0 aliphatic rings. The molecule has 0 aliphatic carbocycles. The summed E-state index contributed by atoms with van der Waals surface area (Å²) in [6, 6.07) is 3.53. The van der Waals surface area contributed by atoms with Crippen molar-refractivity contribution < 1.29 is 22.6 Å². The third kappa shape index (κ3) is 5.85. The highest BCUT2D eigenvalue weighted by Crippen LogP contribution is 2.32. The van der Waals surface area contributed by atoms with Crippen molar-refractivity contribution in [3.8, 4) is 11.5 Å². The standard InChI is InChI=1S/C12H17F3N2O2.ClH/c1-18-11-7-8(19-12(13,14)15)4-5-9(11)10(17)3-2-6-16;/h4-5,7,10H,2-3,6,16-17H2,1H3;1H/t10-;/m0./s1. The molecule has 0 aliphatic heterocycles. The number of methoxy groups -OCH3 is 1. The highest BCUT2D eigenvalue weighted by atomic mass is 35.5. The Labute approximate surface area is 121 Å². The van der Waals surface area contributed by atoms with Crippen molar-refractivity contribution in [2.75, 3.05) is 13.7 Å². The van der Waals surface area contributed by atoms with E-state index in [1.54, 1.807) is 0 Å². The molecule has 0 saturated carbocycles. The molecule has 8 heteroatoms. The van der Waals surface area contributed by atoms with E-state index in [1.165, 1.54) is 25.3 Å². The maximum atomic E-state index is 12.1. The van der Waals surface area contributed by atoms with Gasteiger partial charge < -0.3 is 20.9 Å². The van der Waals surface area contributed by atoms with Gasteiger partial charge in [0, 0.05) is 17.7 Å². The minimum Gasteiger partial charge on any atom is -0.496 e. The summed E-state index contributed by atoms with van der Waals surface area (Å²) in [6.45, 7) is 0.505. The van der Waals surface area contributed by atoms with Crippen LogP contribution in [0.15, 0.2) is 18.2 Å². The summed E-state index contributed by atoms with van der Waals surface area (Å²) in [6.07, 6.45) is -3.37. The van der Waals surface area contributed by atoms with Gasteiger partial charge in [-0.1, -0.05) is 6.07 Å². The molecule has 0 amide bonds. The van der Waals surface area contributed by atoms with Gasteiger partial charge in [0.15, 0.2) is 0 Å². The van der Waals surface area contributed by atoms with Crippen LogP contribution >= 0.6 is 12.4 Å². The zero-order valence-corrected chi connectivity index (χ0v) is 11.8. The minimum absolute atomic E-state index is 0. The van der Waals surface area contributed by atoms with Gasteiger partial charge >= 0.3 is 6.36 Å². The molecular weight excluding hydrogens is 297 g/mol. The van der Waals surface area contributed by atoms with E-state index in [2.05, 4.69) is 4.74 Å². The average Bonchev–Trinajstić information content (AvgIpc) is 2.33. The Morgan fingerprint density at radius 3 is 2.45 bits per heavy atom. The largest absolute Gasteiger partial charge is 0.573 e. The summed E-state index contributed by atoms with van der Waals surface area (Å²) in [4.78, 5) is 0. The number of hydrogen-bond acceptors (Lipinski definition) is 4. The van der Waals surface area contributed by atoms with Gasteiger partial charge in [0.2, 0.25) is 0 Å². The molecule has 0 unspecified atom stereocenters. The molecule has 0 fully saturated rings. The zero-order valence-electron chi connectivity index (χ0n) is 10.9. The molecule has 1 aromatic rings. The summed E-state index contributed by atoms with van der Waals surface area (Å²) in [5, 5.41) is 0. The van der Waals surface area contributed by atoms with Crippen LogP contribution in [0.1, 0.15) is 24.4 Å². The molecule has 1 rings (SSSR count). The van der Waals surface area contributed by atoms with Crippen LogP contribution in [-0.2, 0) is 0 Å². The van der Waals surface area contributed by atoms with Crippen LogP contribution in [0.2, 0.25) is 0 Å². The summed E-state index contributed by atoms with van der Waals surface area (Å²) in [7, 11) is 1.37. The van der Waals surface area contributed by atoms with Gasteiger partial charge in [-0.2, -0.15) is 0 Å². The number of ether oxygens (including phenoxy) is 2. The second-order valence-corrected chi connectivity index (χ2v) is 3.99. The Morgan fingerprint density at radius 1 is 1.30 bits per heavy atom. The van der Waals surface area contributed by atoms with E-state index in [-0.39, 0.29) is 29.9 Å². The third-order valence-corrected chi connectivity index (χ3v) is 2.56. The molecule has 4 nitrogen and oxygen atoms in total. The van der Waals surface area contributed by atoms with E-state index in [9.17, 15) is 13.2 Å². The van der Waals surface area contributed by atoms with Crippen LogP contribution in [0, 0.1) is 0 Å². The Balaban J connectivity index is 0.00000361. The van der Waals surface area contributed by atoms with E-state index in [4.69, 9.17) is 16.2 Å². The van der Waals surface area contributed by atoms with Crippen LogP contribution in [0.3, 0.4) is 0 Å².